The lowest BCUT2D eigenvalue weighted by atomic mass is 9.77. The first-order chi connectivity index (χ1) is 11.7. The van der Waals surface area contributed by atoms with Gasteiger partial charge >= 0.3 is 0 Å². The number of carbonyl (C=O) groups excluding carboxylic acids is 1. The van der Waals surface area contributed by atoms with Gasteiger partial charge in [0, 0.05) is 23.0 Å². The molecule has 3 heteroatoms. The summed E-state index contributed by atoms with van der Waals surface area (Å²) < 4.78 is 0. The van der Waals surface area contributed by atoms with Crippen LogP contribution in [-0.4, -0.2) is 23.0 Å². The number of benzene rings is 1. The molecular weight excluding hydrogens is 308 g/mol. The second-order valence-electron chi connectivity index (χ2n) is 9.47. The van der Waals surface area contributed by atoms with Gasteiger partial charge in [0.25, 0.3) is 0 Å². The predicted octanol–water partition coefficient (Wildman–Crippen LogP) is 4.39. The molecule has 2 N–H and O–H groups in total. The van der Waals surface area contributed by atoms with Gasteiger partial charge in [-0.3, -0.25) is 4.79 Å². The van der Waals surface area contributed by atoms with E-state index >= 15 is 0 Å². The largest absolute Gasteiger partial charge is 0.353 e. The Balaban J connectivity index is 1.53. The molecule has 2 aliphatic rings. The quantitative estimate of drug-likeness (QED) is 0.855. The van der Waals surface area contributed by atoms with Crippen LogP contribution in [0.5, 0.6) is 0 Å². The molecule has 1 aliphatic carbocycles. The highest BCUT2D eigenvalue weighted by atomic mass is 16.1. The molecule has 1 heterocycles. The Labute approximate surface area is 153 Å². The third-order valence-corrected chi connectivity index (χ3v) is 5.91. The summed E-state index contributed by atoms with van der Waals surface area (Å²) in [7, 11) is 0. The molecule has 1 amide bonds. The summed E-state index contributed by atoms with van der Waals surface area (Å²) in [6.07, 6.45) is 6.30. The fourth-order valence-corrected chi connectivity index (χ4v) is 5.16. The first-order valence-corrected chi connectivity index (χ1v) is 9.89. The van der Waals surface area contributed by atoms with E-state index in [0.29, 0.717) is 5.92 Å². The maximum absolute atomic E-state index is 12.8. The van der Waals surface area contributed by atoms with E-state index in [0.717, 1.165) is 38.5 Å². The van der Waals surface area contributed by atoms with E-state index in [-0.39, 0.29) is 28.9 Å². The van der Waals surface area contributed by atoms with Crippen LogP contribution in [0.2, 0.25) is 0 Å². The number of hydrogen-bond donors (Lipinski definition) is 2. The zero-order valence-electron chi connectivity index (χ0n) is 16.3. The topological polar surface area (TPSA) is 41.1 Å². The molecule has 1 aromatic rings. The van der Waals surface area contributed by atoms with Gasteiger partial charge < -0.3 is 10.6 Å². The Hall–Kier alpha value is -1.35. The summed E-state index contributed by atoms with van der Waals surface area (Å²) in [6.45, 7) is 8.94. The van der Waals surface area contributed by atoms with Gasteiger partial charge in [0.15, 0.2) is 0 Å². The summed E-state index contributed by atoms with van der Waals surface area (Å²) in [5.74, 6) is 1.10. The van der Waals surface area contributed by atoms with E-state index in [2.05, 4.69) is 68.7 Å². The molecule has 0 unspecified atom stereocenters. The van der Waals surface area contributed by atoms with Crippen LogP contribution in [0.4, 0.5) is 0 Å². The Bertz CT molecular complexity index is 569. The molecule has 2 fully saturated rings. The second-order valence-corrected chi connectivity index (χ2v) is 9.47. The molecule has 1 saturated carbocycles. The van der Waals surface area contributed by atoms with Crippen molar-refractivity contribution in [2.75, 3.05) is 0 Å². The van der Waals surface area contributed by atoms with Crippen molar-refractivity contribution in [2.24, 2.45) is 5.92 Å². The molecule has 0 aromatic heterocycles. The molecule has 1 aliphatic heterocycles. The first-order valence-electron chi connectivity index (χ1n) is 9.89. The molecule has 0 atom stereocenters. The van der Waals surface area contributed by atoms with Crippen LogP contribution >= 0.6 is 0 Å². The lowest BCUT2D eigenvalue weighted by Crippen LogP contribution is -2.62. The Morgan fingerprint density at radius 1 is 0.960 bits per heavy atom. The van der Waals surface area contributed by atoms with Crippen molar-refractivity contribution in [2.45, 2.75) is 89.3 Å². The number of piperidine rings is 1. The van der Waals surface area contributed by atoms with E-state index < -0.39 is 0 Å². The molecule has 3 nitrogen and oxygen atoms in total. The van der Waals surface area contributed by atoms with Gasteiger partial charge in [-0.2, -0.15) is 0 Å². The van der Waals surface area contributed by atoms with Crippen molar-refractivity contribution in [3.63, 3.8) is 0 Å². The molecule has 0 spiro atoms. The highest BCUT2D eigenvalue weighted by molar-refractivity contribution is 5.79. The van der Waals surface area contributed by atoms with Gasteiger partial charge in [0.05, 0.1) is 0 Å². The van der Waals surface area contributed by atoms with E-state index in [1.807, 2.05) is 0 Å². The van der Waals surface area contributed by atoms with Crippen molar-refractivity contribution in [1.29, 1.82) is 0 Å². The van der Waals surface area contributed by atoms with Gasteiger partial charge in [-0.25, -0.2) is 0 Å². The zero-order valence-corrected chi connectivity index (χ0v) is 16.3. The van der Waals surface area contributed by atoms with Gasteiger partial charge in [-0.15, -0.1) is 0 Å². The van der Waals surface area contributed by atoms with E-state index in [9.17, 15) is 4.79 Å². The van der Waals surface area contributed by atoms with Gasteiger partial charge in [0.1, 0.15) is 0 Å². The third kappa shape index (κ3) is 4.84. The predicted molar refractivity (Wildman–Crippen MR) is 104 cm³/mol. The Kier molecular flexibility index (Phi) is 5.24. The maximum atomic E-state index is 12.8. The fraction of sp³-hybridized carbons (Fsp3) is 0.682. The lowest BCUT2D eigenvalue weighted by Gasteiger charge is -2.47. The van der Waals surface area contributed by atoms with E-state index in [1.165, 1.54) is 5.56 Å². The molecular formula is C22H34N2O. The summed E-state index contributed by atoms with van der Waals surface area (Å²) >= 11 is 0. The maximum Gasteiger partial charge on any atom is 0.223 e. The fourth-order valence-electron chi connectivity index (χ4n) is 5.16. The molecule has 0 radical (unpaired) electrons. The number of amides is 1. The second kappa shape index (κ2) is 7.11. The average molecular weight is 343 g/mol. The van der Waals surface area contributed by atoms with Crippen LogP contribution < -0.4 is 10.6 Å². The zero-order chi connectivity index (χ0) is 18.1. The van der Waals surface area contributed by atoms with Crippen LogP contribution in [0.25, 0.3) is 0 Å². The smallest absolute Gasteiger partial charge is 0.223 e. The number of nitrogens with one attached hydrogen (secondary N) is 2. The van der Waals surface area contributed by atoms with Crippen molar-refractivity contribution in [3.8, 4) is 0 Å². The number of hydrogen-bond acceptors (Lipinski definition) is 2. The third-order valence-electron chi connectivity index (χ3n) is 5.91. The minimum atomic E-state index is 0.0741. The van der Waals surface area contributed by atoms with E-state index in [4.69, 9.17) is 0 Å². The summed E-state index contributed by atoms with van der Waals surface area (Å²) in [5, 5.41) is 7.06. The Morgan fingerprint density at radius 2 is 1.52 bits per heavy atom. The standard InChI is InChI=1S/C22H34N2O/c1-21(2)14-19(15-22(3,4)24-21)23-20(25)18-12-10-17(11-13-18)16-8-6-5-7-9-16/h5-9,17-19,24H,10-15H2,1-4H3,(H,23,25). The molecule has 3 rings (SSSR count). The summed E-state index contributed by atoms with van der Waals surface area (Å²) in [4.78, 5) is 12.8. The highest BCUT2D eigenvalue weighted by Crippen LogP contribution is 2.36. The minimum Gasteiger partial charge on any atom is -0.353 e. The van der Waals surface area contributed by atoms with Crippen molar-refractivity contribution >= 4 is 5.91 Å². The molecule has 0 bridgehead atoms. The monoisotopic (exact) mass is 342 g/mol. The molecule has 1 saturated heterocycles. The molecule has 138 valence electrons. The van der Waals surface area contributed by atoms with E-state index in [1.54, 1.807) is 0 Å². The van der Waals surface area contributed by atoms with Crippen LogP contribution in [0.15, 0.2) is 30.3 Å². The van der Waals surface area contributed by atoms with Gasteiger partial charge in [-0.05, 0) is 77.7 Å². The molecule has 1 aromatic carbocycles. The average Bonchev–Trinajstić information content (AvgIpc) is 2.53. The van der Waals surface area contributed by atoms with Crippen LogP contribution in [-0.2, 0) is 4.79 Å². The van der Waals surface area contributed by atoms with Gasteiger partial charge in [-0.1, -0.05) is 30.3 Å². The SMILES string of the molecule is CC1(C)CC(NC(=O)C2CCC(c3ccccc3)CC2)CC(C)(C)N1. The Morgan fingerprint density at radius 3 is 2.08 bits per heavy atom. The van der Waals surface area contributed by atoms with Crippen LogP contribution in [0, 0.1) is 5.92 Å². The lowest BCUT2D eigenvalue weighted by molar-refractivity contribution is -0.127. The summed E-state index contributed by atoms with van der Waals surface area (Å²) in [6, 6.07) is 11.0. The summed E-state index contributed by atoms with van der Waals surface area (Å²) in [5.41, 5.74) is 1.58. The molecule has 25 heavy (non-hydrogen) atoms. The van der Waals surface area contributed by atoms with Crippen molar-refractivity contribution < 1.29 is 4.79 Å². The van der Waals surface area contributed by atoms with Crippen LogP contribution in [0.1, 0.15) is 77.7 Å². The van der Waals surface area contributed by atoms with Crippen molar-refractivity contribution in [3.05, 3.63) is 35.9 Å². The van der Waals surface area contributed by atoms with Crippen LogP contribution in [0.3, 0.4) is 0 Å². The number of carbonyl (C=O) groups is 1. The normalized spacial score (nSPS) is 29.1. The first kappa shape index (κ1) is 18.4. The van der Waals surface area contributed by atoms with Crippen molar-refractivity contribution in [1.82, 2.24) is 10.6 Å². The highest BCUT2D eigenvalue weighted by Gasteiger charge is 2.39. The van der Waals surface area contributed by atoms with Gasteiger partial charge in [0.2, 0.25) is 5.91 Å². The minimum absolute atomic E-state index is 0.0741. The number of rotatable bonds is 3.